The van der Waals surface area contributed by atoms with Crippen LogP contribution in [0.25, 0.3) is 0 Å². The van der Waals surface area contributed by atoms with E-state index in [1.54, 1.807) is 0 Å². The van der Waals surface area contributed by atoms with Gasteiger partial charge in [-0.3, -0.25) is 0 Å². The van der Waals surface area contributed by atoms with Crippen molar-refractivity contribution in [2.24, 2.45) is 0 Å². The van der Waals surface area contributed by atoms with Gasteiger partial charge in [0, 0.05) is 19.0 Å². The van der Waals surface area contributed by atoms with E-state index in [0.717, 1.165) is 38.2 Å². The first kappa shape index (κ1) is 16.9. The van der Waals surface area contributed by atoms with Crippen molar-refractivity contribution in [3.8, 4) is 0 Å². The highest BCUT2D eigenvalue weighted by atomic mass is 19.1. The van der Waals surface area contributed by atoms with E-state index in [-0.39, 0.29) is 23.7 Å². The summed E-state index contributed by atoms with van der Waals surface area (Å²) in [6.07, 6.45) is 4.91. The molecule has 3 rings (SSSR count). The summed E-state index contributed by atoms with van der Waals surface area (Å²) < 4.78 is 18.9. The summed E-state index contributed by atoms with van der Waals surface area (Å²) in [5.41, 5.74) is -0.315. The maximum absolute atomic E-state index is 12.9. The fourth-order valence-electron chi connectivity index (χ4n) is 3.40. The summed E-state index contributed by atoms with van der Waals surface area (Å²) in [5.74, 6) is -0.0638. The first-order valence-electron chi connectivity index (χ1n) is 8.39. The molecule has 0 unspecified atom stereocenters. The van der Waals surface area contributed by atoms with Crippen LogP contribution in [0.15, 0.2) is 12.4 Å². The molecule has 2 atom stereocenters. The number of urea groups is 1. The average molecular weight is 337 g/mol. The zero-order valence-corrected chi connectivity index (χ0v) is 14.1. The highest BCUT2D eigenvalue weighted by molar-refractivity contribution is 5.74. The third-order valence-corrected chi connectivity index (χ3v) is 4.40. The molecule has 132 valence electrons. The van der Waals surface area contributed by atoms with Crippen LogP contribution < -0.4 is 10.6 Å². The van der Waals surface area contributed by atoms with Crippen molar-refractivity contribution >= 4 is 12.0 Å². The number of hydrogen-bond acceptors (Lipinski definition) is 5. The number of amides is 2. The normalized spacial score (nSPS) is 26.8. The SMILES string of the molecule is CC(C)NC(=O)N1CCC[C@@]2(C[C@H](Nc3ncc(F)cn3)CO2)C1. The number of anilines is 1. The van der Waals surface area contributed by atoms with Gasteiger partial charge in [-0.1, -0.05) is 0 Å². The van der Waals surface area contributed by atoms with Crippen molar-refractivity contribution in [1.29, 1.82) is 0 Å². The summed E-state index contributed by atoms with van der Waals surface area (Å²) in [6, 6.07) is 0.138. The van der Waals surface area contributed by atoms with Crippen LogP contribution in [0.5, 0.6) is 0 Å². The van der Waals surface area contributed by atoms with Crippen molar-refractivity contribution in [2.75, 3.05) is 25.0 Å². The summed E-state index contributed by atoms with van der Waals surface area (Å²) in [4.78, 5) is 21.9. The van der Waals surface area contributed by atoms with Gasteiger partial charge in [0.25, 0.3) is 0 Å². The Morgan fingerprint density at radius 3 is 2.92 bits per heavy atom. The second-order valence-corrected chi connectivity index (χ2v) is 6.89. The molecule has 2 aliphatic rings. The van der Waals surface area contributed by atoms with Crippen LogP contribution in [0.2, 0.25) is 0 Å². The van der Waals surface area contributed by atoms with Crippen molar-refractivity contribution in [2.45, 2.75) is 50.8 Å². The van der Waals surface area contributed by atoms with Gasteiger partial charge in [-0.25, -0.2) is 19.2 Å². The molecule has 2 aliphatic heterocycles. The van der Waals surface area contributed by atoms with Crippen LogP contribution in [-0.2, 0) is 4.74 Å². The van der Waals surface area contributed by atoms with Crippen LogP contribution in [0.3, 0.4) is 0 Å². The number of nitrogens with one attached hydrogen (secondary N) is 2. The lowest BCUT2D eigenvalue weighted by atomic mass is 9.89. The van der Waals surface area contributed by atoms with Crippen LogP contribution in [0.1, 0.15) is 33.1 Å². The van der Waals surface area contributed by atoms with Gasteiger partial charge >= 0.3 is 6.03 Å². The monoisotopic (exact) mass is 337 g/mol. The minimum Gasteiger partial charge on any atom is -0.371 e. The number of hydrogen-bond donors (Lipinski definition) is 2. The van der Waals surface area contributed by atoms with E-state index in [1.165, 1.54) is 0 Å². The number of piperidine rings is 1. The van der Waals surface area contributed by atoms with E-state index >= 15 is 0 Å². The molecule has 24 heavy (non-hydrogen) atoms. The highest BCUT2D eigenvalue weighted by Gasteiger charge is 2.44. The first-order chi connectivity index (χ1) is 11.5. The van der Waals surface area contributed by atoms with Gasteiger partial charge in [0.2, 0.25) is 5.95 Å². The molecule has 0 aliphatic carbocycles. The number of aromatic nitrogens is 2. The molecule has 2 fully saturated rings. The van der Waals surface area contributed by atoms with Crippen molar-refractivity contribution < 1.29 is 13.9 Å². The van der Waals surface area contributed by atoms with Crippen molar-refractivity contribution in [3.63, 3.8) is 0 Å². The summed E-state index contributed by atoms with van der Waals surface area (Å²) >= 11 is 0. The molecular weight excluding hydrogens is 313 g/mol. The fraction of sp³-hybridized carbons (Fsp3) is 0.688. The third-order valence-electron chi connectivity index (χ3n) is 4.40. The van der Waals surface area contributed by atoms with Gasteiger partial charge in [0.15, 0.2) is 5.82 Å². The van der Waals surface area contributed by atoms with Gasteiger partial charge in [-0.15, -0.1) is 0 Å². The minimum absolute atomic E-state index is 0.0362. The largest absolute Gasteiger partial charge is 0.371 e. The molecule has 0 bridgehead atoms. The van der Waals surface area contributed by atoms with E-state index < -0.39 is 5.82 Å². The van der Waals surface area contributed by atoms with Crippen LogP contribution in [0.4, 0.5) is 15.1 Å². The molecule has 7 nitrogen and oxygen atoms in total. The molecule has 0 saturated carbocycles. The van der Waals surface area contributed by atoms with Gasteiger partial charge in [-0.05, 0) is 26.7 Å². The Bertz CT molecular complexity index is 582. The van der Waals surface area contributed by atoms with Crippen molar-refractivity contribution in [1.82, 2.24) is 20.2 Å². The molecule has 3 heterocycles. The maximum Gasteiger partial charge on any atom is 0.317 e. The molecule has 2 saturated heterocycles. The smallest absolute Gasteiger partial charge is 0.317 e. The number of carbonyl (C=O) groups is 1. The summed E-state index contributed by atoms with van der Waals surface area (Å²) in [6.45, 7) is 5.77. The number of nitrogens with zero attached hydrogens (tertiary/aromatic N) is 3. The molecular formula is C16H24FN5O2. The number of ether oxygens (including phenoxy) is 1. The minimum atomic E-state index is -0.459. The Morgan fingerprint density at radius 1 is 1.46 bits per heavy atom. The van der Waals surface area contributed by atoms with Crippen LogP contribution in [-0.4, -0.2) is 58.3 Å². The molecule has 1 spiro atoms. The highest BCUT2D eigenvalue weighted by Crippen LogP contribution is 2.35. The fourth-order valence-corrected chi connectivity index (χ4v) is 3.40. The zero-order chi connectivity index (χ0) is 17.2. The van der Waals surface area contributed by atoms with Gasteiger partial charge in [0.1, 0.15) is 0 Å². The predicted molar refractivity (Wildman–Crippen MR) is 87.2 cm³/mol. The lowest BCUT2D eigenvalue weighted by Crippen LogP contribution is -2.54. The molecule has 1 aromatic heterocycles. The molecule has 2 N–H and O–H groups in total. The van der Waals surface area contributed by atoms with Crippen LogP contribution >= 0.6 is 0 Å². The Morgan fingerprint density at radius 2 is 2.21 bits per heavy atom. The molecule has 0 radical (unpaired) electrons. The lowest BCUT2D eigenvalue weighted by Gasteiger charge is -2.39. The van der Waals surface area contributed by atoms with E-state index in [4.69, 9.17) is 4.74 Å². The topological polar surface area (TPSA) is 79.4 Å². The number of rotatable bonds is 3. The van der Waals surface area contributed by atoms with Crippen molar-refractivity contribution in [3.05, 3.63) is 18.2 Å². The van der Waals surface area contributed by atoms with E-state index in [2.05, 4.69) is 20.6 Å². The maximum atomic E-state index is 12.9. The quantitative estimate of drug-likeness (QED) is 0.879. The first-order valence-corrected chi connectivity index (χ1v) is 8.39. The summed E-state index contributed by atoms with van der Waals surface area (Å²) in [5, 5.41) is 6.12. The molecule has 2 amide bonds. The van der Waals surface area contributed by atoms with E-state index in [1.807, 2.05) is 18.7 Å². The summed E-state index contributed by atoms with van der Waals surface area (Å²) in [7, 11) is 0. The van der Waals surface area contributed by atoms with Gasteiger partial charge in [-0.2, -0.15) is 0 Å². The van der Waals surface area contributed by atoms with Crippen LogP contribution in [0, 0.1) is 5.82 Å². The average Bonchev–Trinajstić information content (AvgIpc) is 2.91. The Kier molecular flexibility index (Phi) is 4.84. The zero-order valence-electron chi connectivity index (χ0n) is 14.1. The number of carbonyl (C=O) groups excluding carboxylic acids is 1. The van der Waals surface area contributed by atoms with Gasteiger partial charge in [0.05, 0.1) is 37.2 Å². The van der Waals surface area contributed by atoms with E-state index in [9.17, 15) is 9.18 Å². The number of halogens is 1. The lowest BCUT2D eigenvalue weighted by molar-refractivity contribution is -0.0410. The molecule has 0 aromatic carbocycles. The third kappa shape index (κ3) is 3.92. The van der Waals surface area contributed by atoms with Gasteiger partial charge < -0.3 is 20.3 Å². The Hall–Kier alpha value is -1.96. The second kappa shape index (κ2) is 6.88. The Labute approximate surface area is 141 Å². The standard InChI is InChI=1S/C16H24FN5O2/c1-11(2)20-15(23)22-5-3-4-16(10-22)6-13(9-24-16)21-14-18-7-12(17)8-19-14/h7-8,11,13H,3-6,9-10H2,1-2H3,(H,20,23)(H,18,19,21)/t13-,16+/m0/s1. The second-order valence-electron chi connectivity index (χ2n) is 6.89. The molecule has 8 heteroatoms. The predicted octanol–water partition coefficient (Wildman–Crippen LogP) is 1.77. The Balaban J connectivity index is 1.58. The van der Waals surface area contributed by atoms with E-state index in [0.29, 0.717) is 19.1 Å². The number of likely N-dealkylation sites (tertiary alicyclic amines) is 1. The molecule has 1 aromatic rings.